The maximum atomic E-state index is 13.5. The molecule has 0 radical (unpaired) electrons. The molecule has 5 rings (SSSR count). The largest absolute Gasteiger partial charge is 0.416 e. The Kier molecular flexibility index (Phi) is 5.40. The monoisotopic (exact) mass is 457 g/mol. The van der Waals surface area contributed by atoms with E-state index in [-0.39, 0.29) is 23.6 Å². The molecule has 0 aliphatic carbocycles. The number of pyridine rings is 1. The van der Waals surface area contributed by atoms with Gasteiger partial charge in [0.25, 0.3) is 5.91 Å². The highest BCUT2D eigenvalue weighted by atomic mass is 19.4. The minimum Gasteiger partial charge on any atom is -0.381 e. The summed E-state index contributed by atoms with van der Waals surface area (Å²) in [7, 11) is 1.87. The maximum Gasteiger partial charge on any atom is 0.416 e. The molecule has 0 bridgehead atoms. The van der Waals surface area contributed by atoms with E-state index in [2.05, 4.69) is 10.2 Å². The van der Waals surface area contributed by atoms with Crippen molar-refractivity contribution in [1.82, 2.24) is 19.7 Å². The van der Waals surface area contributed by atoms with Crippen LogP contribution in [0, 0.1) is 0 Å². The van der Waals surface area contributed by atoms with Crippen molar-refractivity contribution >= 4 is 11.7 Å². The smallest absolute Gasteiger partial charge is 0.381 e. The number of halogens is 3. The molecule has 1 atom stereocenters. The molecule has 2 aliphatic rings. The molecule has 3 aromatic rings. The lowest BCUT2D eigenvalue weighted by Crippen LogP contribution is -2.25. The third-order valence-corrected chi connectivity index (χ3v) is 6.23. The molecule has 1 amide bonds. The molecule has 0 spiro atoms. The number of rotatable bonds is 5. The van der Waals surface area contributed by atoms with Crippen LogP contribution in [-0.2, 0) is 37.3 Å². The SMILES string of the molecule is Cn1cnnc1CCc1cc(C2CCOC2)nc(N2Cc3c(cccc3C(F)(F)F)C2=O)c1. The summed E-state index contributed by atoms with van der Waals surface area (Å²) in [6, 6.07) is 7.51. The van der Waals surface area contributed by atoms with Crippen LogP contribution in [0.15, 0.2) is 36.7 Å². The minimum atomic E-state index is -4.53. The number of benzene rings is 1. The molecule has 10 heteroatoms. The molecule has 2 aliphatic heterocycles. The van der Waals surface area contributed by atoms with Gasteiger partial charge in [0.1, 0.15) is 18.0 Å². The van der Waals surface area contributed by atoms with E-state index in [9.17, 15) is 18.0 Å². The number of alkyl halides is 3. The van der Waals surface area contributed by atoms with Crippen LogP contribution in [0.2, 0.25) is 0 Å². The van der Waals surface area contributed by atoms with E-state index in [1.807, 2.05) is 17.7 Å². The second kappa shape index (κ2) is 8.26. The molecule has 172 valence electrons. The lowest BCUT2D eigenvalue weighted by Gasteiger charge is -2.19. The molecule has 0 N–H and O–H groups in total. The van der Waals surface area contributed by atoms with Crippen molar-refractivity contribution in [3.8, 4) is 0 Å². The van der Waals surface area contributed by atoms with E-state index < -0.39 is 17.6 Å². The predicted molar refractivity (Wildman–Crippen MR) is 113 cm³/mol. The van der Waals surface area contributed by atoms with E-state index in [0.29, 0.717) is 31.9 Å². The van der Waals surface area contributed by atoms with Crippen molar-refractivity contribution < 1.29 is 22.7 Å². The van der Waals surface area contributed by atoms with Gasteiger partial charge in [-0.05, 0) is 48.2 Å². The fraction of sp³-hybridized carbons (Fsp3) is 0.391. The zero-order valence-electron chi connectivity index (χ0n) is 18.0. The van der Waals surface area contributed by atoms with E-state index in [1.165, 1.54) is 17.0 Å². The van der Waals surface area contributed by atoms with Crippen molar-refractivity contribution in [3.05, 3.63) is 70.4 Å². The standard InChI is InChI=1S/C23H22F3N5O2/c1-30-13-27-29-20(30)6-5-14-9-19(15-7-8-33-12-15)28-21(10-14)31-11-17-16(22(31)32)3-2-4-18(17)23(24,25)26/h2-4,9-10,13,15H,5-8,11-12H2,1H3. The molecule has 1 fully saturated rings. The Hall–Kier alpha value is -3.27. The number of amides is 1. The lowest BCUT2D eigenvalue weighted by molar-refractivity contribution is -0.138. The lowest BCUT2D eigenvalue weighted by atomic mass is 10.0. The maximum absolute atomic E-state index is 13.5. The summed E-state index contributed by atoms with van der Waals surface area (Å²) >= 11 is 0. The first kappa shape index (κ1) is 21.6. The topological polar surface area (TPSA) is 73.1 Å². The number of anilines is 1. The summed E-state index contributed by atoms with van der Waals surface area (Å²) in [5, 5.41) is 8.00. The first-order valence-electron chi connectivity index (χ1n) is 10.7. The number of aromatic nitrogens is 4. The molecule has 0 saturated carbocycles. The Labute approximate surface area is 188 Å². The molecule has 1 aromatic carbocycles. The van der Waals surface area contributed by atoms with Crippen LogP contribution < -0.4 is 4.90 Å². The Morgan fingerprint density at radius 2 is 2.06 bits per heavy atom. The van der Waals surface area contributed by atoms with Gasteiger partial charge in [-0.15, -0.1) is 10.2 Å². The van der Waals surface area contributed by atoms with Gasteiger partial charge >= 0.3 is 6.18 Å². The first-order valence-corrected chi connectivity index (χ1v) is 10.7. The van der Waals surface area contributed by atoms with E-state index in [4.69, 9.17) is 9.72 Å². The third kappa shape index (κ3) is 4.10. The van der Waals surface area contributed by atoms with Gasteiger partial charge in [0.2, 0.25) is 0 Å². The van der Waals surface area contributed by atoms with Gasteiger partial charge in [-0.1, -0.05) is 6.07 Å². The quantitative estimate of drug-likeness (QED) is 0.585. The van der Waals surface area contributed by atoms with Crippen molar-refractivity contribution in [2.45, 2.75) is 37.9 Å². The van der Waals surface area contributed by atoms with Crippen LogP contribution in [0.3, 0.4) is 0 Å². The molecule has 1 unspecified atom stereocenters. The van der Waals surface area contributed by atoms with E-state index >= 15 is 0 Å². The van der Waals surface area contributed by atoms with Gasteiger partial charge in [0, 0.05) is 37.3 Å². The zero-order chi connectivity index (χ0) is 23.2. The second-order valence-electron chi connectivity index (χ2n) is 8.40. The molecule has 2 aromatic heterocycles. The minimum absolute atomic E-state index is 0.00737. The van der Waals surface area contributed by atoms with E-state index in [1.54, 1.807) is 12.4 Å². The average Bonchev–Trinajstić information content (AvgIpc) is 3.52. The highest BCUT2D eigenvalue weighted by Gasteiger charge is 2.40. The van der Waals surface area contributed by atoms with Crippen LogP contribution in [0.5, 0.6) is 0 Å². The summed E-state index contributed by atoms with van der Waals surface area (Å²) < 4.78 is 47.9. The number of aryl methyl sites for hydroxylation is 3. The fourth-order valence-electron chi connectivity index (χ4n) is 4.43. The molecular formula is C23H22F3N5O2. The van der Waals surface area contributed by atoms with Gasteiger partial charge in [0.15, 0.2) is 0 Å². The van der Waals surface area contributed by atoms with Crippen LogP contribution >= 0.6 is 0 Å². The van der Waals surface area contributed by atoms with Gasteiger partial charge in [0.05, 0.1) is 18.7 Å². The summed E-state index contributed by atoms with van der Waals surface area (Å²) in [6.07, 6.45) is -0.823. The van der Waals surface area contributed by atoms with Crippen molar-refractivity contribution in [2.24, 2.45) is 7.05 Å². The van der Waals surface area contributed by atoms with Crippen LogP contribution in [0.4, 0.5) is 19.0 Å². The summed E-state index contributed by atoms with van der Waals surface area (Å²) in [5.41, 5.74) is 1.01. The van der Waals surface area contributed by atoms with Crippen molar-refractivity contribution in [1.29, 1.82) is 0 Å². The zero-order valence-corrected chi connectivity index (χ0v) is 18.0. The van der Waals surface area contributed by atoms with Crippen LogP contribution in [0.25, 0.3) is 0 Å². The van der Waals surface area contributed by atoms with Gasteiger partial charge < -0.3 is 9.30 Å². The molecule has 1 saturated heterocycles. The Bertz CT molecular complexity index is 1200. The van der Waals surface area contributed by atoms with Gasteiger partial charge in [-0.2, -0.15) is 13.2 Å². The summed E-state index contributed by atoms with van der Waals surface area (Å²) in [6.45, 7) is 1.00. The summed E-state index contributed by atoms with van der Waals surface area (Å²) in [5.74, 6) is 0.798. The second-order valence-corrected chi connectivity index (χ2v) is 8.40. The van der Waals surface area contributed by atoms with Crippen molar-refractivity contribution in [2.75, 3.05) is 18.1 Å². The predicted octanol–water partition coefficient (Wildman–Crippen LogP) is 3.68. The van der Waals surface area contributed by atoms with Gasteiger partial charge in [-0.3, -0.25) is 9.69 Å². The van der Waals surface area contributed by atoms with Crippen LogP contribution in [0.1, 0.15) is 50.9 Å². The Morgan fingerprint density at radius 1 is 1.21 bits per heavy atom. The van der Waals surface area contributed by atoms with Crippen molar-refractivity contribution in [3.63, 3.8) is 0 Å². The number of carbonyl (C=O) groups is 1. The molecule has 33 heavy (non-hydrogen) atoms. The number of carbonyl (C=O) groups excluding carboxylic acids is 1. The highest BCUT2D eigenvalue weighted by Crippen LogP contribution is 2.38. The average molecular weight is 457 g/mol. The first-order chi connectivity index (χ1) is 15.8. The number of hydrogen-bond acceptors (Lipinski definition) is 5. The molecule has 7 nitrogen and oxygen atoms in total. The normalized spacial score (nSPS) is 18.2. The number of fused-ring (bicyclic) bond motifs is 1. The molecule has 4 heterocycles. The van der Waals surface area contributed by atoms with Gasteiger partial charge in [-0.25, -0.2) is 4.98 Å². The number of nitrogens with zero attached hydrogens (tertiary/aromatic N) is 5. The van der Waals surface area contributed by atoms with Crippen LogP contribution in [-0.4, -0.2) is 38.9 Å². The Balaban J connectivity index is 1.49. The number of hydrogen-bond donors (Lipinski definition) is 0. The Morgan fingerprint density at radius 3 is 2.76 bits per heavy atom. The highest BCUT2D eigenvalue weighted by molar-refractivity contribution is 6.09. The summed E-state index contributed by atoms with van der Waals surface area (Å²) in [4.78, 5) is 19.1. The molecular weight excluding hydrogens is 435 g/mol. The van der Waals surface area contributed by atoms with E-state index in [0.717, 1.165) is 29.6 Å². The number of ether oxygens (including phenoxy) is 1. The third-order valence-electron chi connectivity index (χ3n) is 6.23. The fourth-order valence-corrected chi connectivity index (χ4v) is 4.43.